The molecule has 0 fully saturated rings. The maximum atomic E-state index is 13.5. The molecule has 1 atom stereocenters. The summed E-state index contributed by atoms with van der Waals surface area (Å²) in [6, 6.07) is 28.6. The Hall–Kier alpha value is -4.47. The lowest BCUT2D eigenvalue weighted by atomic mass is 10.1. The summed E-state index contributed by atoms with van der Waals surface area (Å²) in [4.78, 5) is 43.2. The molecule has 0 bridgehead atoms. The molecule has 0 spiro atoms. The molecule has 5 rings (SSSR count). The van der Waals surface area contributed by atoms with Gasteiger partial charge >= 0.3 is 5.97 Å². The summed E-state index contributed by atoms with van der Waals surface area (Å²) < 4.78 is 1.00. The summed E-state index contributed by atoms with van der Waals surface area (Å²) in [5.41, 5.74) is 3.25. The van der Waals surface area contributed by atoms with Gasteiger partial charge in [0.1, 0.15) is 5.25 Å². The third-order valence-corrected chi connectivity index (χ3v) is 8.04. The van der Waals surface area contributed by atoms with Gasteiger partial charge in [-0.2, -0.15) is 0 Å². The highest BCUT2D eigenvalue weighted by Crippen LogP contribution is 2.38. The molecule has 4 aromatic carbocycles. The number of carboxylic acids is 1. The number of aryl methyl sites for hydroxylation is 1. The van der Waals surface area contributed by atoms with Crippen LogP contribution in [-0.4, -0.2) is 27.9 Å². The van der Waals surface area contributed by atoms with Crippen molar-refractivity contribution in [3.63, 3.8) is 0 Å². The molecule has 0 radical (unpaired) electrons. The van der Waals surface area contributed by atoms with Crippen molar-refractivity contribution in [1.29, 1.82) is 0 Å². The molecular weight excluding hydrogens is 530 g/mol. The van der Waals surface area contributed by atoms with Crippen molar-refractivity contribution in [1.82, 2.24) is 4.98 Å². The van der Waals surface area contributed by atoms with Crippen LogP contribution in [-0.2, 0) is 4.79 Å². The molecule has 0 aliphatic carbocycles. The Kier molecular flexibility index (Phi) is 7.72. The lowest BCUT2D eigenvalue weighted by Gasteiger charge is -2.17. The second-order valence-corrected chi connectivity index (χ2v) is 10.9. The zero-order valence-electron chi connectivity index (χ0n) is 20.8. The van der Waals surface area contributed by atoms with Crippen molar-refractivity contribution in [2.24, 2.45) is 0 Å². The van der Waals surface area contributed by atoms with Gasteiger partial charge in [-0.1, -0.05) is 65.9 Å². The molecule has 1 aromatic heterocycles. The third kappa shape index (κ3) is 6.17. The predicted octanol–water partition coefficient (Wildman–Crippen LogP) is 7.03. The number of amides is 2. The topological polar surface area (TPSA) is 108 Å². The number of carboxylic acid groups (broad SMARTS) is 1. The van der Waals surface area contributed by atoms with Crippen LogP contribution in [0.15, 0.2) is 102 Å². The minimum Gasteiger partial charge on any atom is -0.478 e. The summed E-state index contributed by atoms with van der Waals surface area (Å²) in [5, 5.41) is 15.1. The van der Waals surface area contributed by atoms with E-state index >= 15 is 0 Å². The first kappa shape index (κ1) is 26.1. The molecule has 2 amide bonds. The molecule has 0 saturated carbocycles. The highest BCUT2D eigenvalue weighted by Gasteiger charge is 2.24. The normalized spacial score (nSPS) is 11.6. The van der Waals surface area contributed by atoms with Crippen LogP contribution in [0.25, 0.3) is 10.2 Å². The fourth-order valence-electron chi connectivity index (χ4n) is 4.01. The Morgan fingerprint density at radius 1 is 0.846 bits per heavy atom. The molecule has 194 valence electrons. The lowest BCUT2D eigenvalue weighted by Crippen LogP contribution is -2.19. The number of hydrogen-bond acceptors (Lipinski definition) is 6. The zero-order chi connectivity index (χ0) is 27.4. The van der Waals surface area contributed by atoms with E-state index in [1.54, 1.807) is 30.3 Å². The summed E-state index contributed by atoms with van der Waals surface area (Å²) in [5.74, 6) is -1.92. The van der Waals surface area contributed by atoms with Gasteiger partial charge in [-0.15, -0.1) is 11.8 Å². The number of anilines is 2. The summed E-state index contributed by atoms with van der Waals surface area (Å²) in [6.07, 6.45) is 0. The Balaban J connectivity index is 1.37. The molecule has 3 N–H and O–H groups in total. The van der Waals surface area contributed by atoms with Crippen molar-refractivity contribution in [3.05, 3.63) is 119 Å². The van der Waals surface area contributed by atoms with Gasteiger partial charge in [-0.05, 0) is 60.5 Å². The number of hydrogen-bond donors (Lipinski definition) is 3. The maximum absolute atomic E-state index is 13.5. The number of fused-ring (bicyclic) bond motifs is 1. The lowest BCUT2D eigenvalue weighted by molar-refractivity contribution is -0.115. The number of rotatable bonds is 8. The number of thiazole rings is 1. The molecule has 1 unspecified atom stereocenters. The number of nitrogens with one attached hydrogen (secondary N) is 2. The molecule has 7 nitrogen and oxygen atoms in total. The Bertz CT molecular complexity index is 1680. The van der Waals surface area contributed by atoms with Gasteiger partial charge in [0.2, 0.25) is 5.91 Å². The van der Waals surface area contributed by atoms with E-state index in [1.807, 2.05) is 61.5 Å². The van der Waals surface area contributed by atoms with Gasteiger partial charge in [-0.3, -0.25) is 9.59 Å². The van der Waals surface area contributed by atoms with Crippen molar-refractivity contribution in [3.8, 4) is 0 Å². The Labute approximate surface area is 232 Å². The Morgan fingerprint density at radius 3 is 2.36 bits per heavy atom. The highest BCUT2D eigenvalue weighted by atomic mass is 32.2. The zero-order valence-corrected chi connectivity index (χ0v) is 22.4. The number of carbonyl (C=O) groups excluding carboxylic acids is 2. The number of aromatic nitrogens is 1. The maximum Gasteiger partial charge on any atom is 0.336 e. The van der Waals surface area contributed by atoms with Crippen molar-refractivity contribution >= 4 is 61.9 Å². The SMILES string of the molecule is Cc1ccc2nc(NC(=O)C(Sc3cccc(NC(=O)c4ccccc4C(=O)O)c3)c3ccccc3)sc2c1. The average Bonchev–Trinajstić information content (AvgIpc) is 3.33. The van der Waals surface area contributed by atoms with Crippen LogP contribution >= 0.6 is 23.1 Å². The van der Waals surface area contributed by atoms with E-state index in [2.05, 4.69) is 15.6 Å². The van der Waals surface area contributed by atoms with E-state index in [1.165, 1.54) is 35.2 Å². The quantitative estimate of drug-likeness (QED) is 0.178. The van der Waals surface area contributed by atoms with Crippen molar-refractivity contribution < 1.29 is 19.5 Å². The van der Waals surface area contributed by atoms with Crippen LogP contribution in [0.2, 0.25) is 0 Å². The highest BCUT2D eigenvalue weighted by molar-refractivity contribution is 8.00. The Morgan fingerprint density at radius 2 is 1.59 bits per heavy atom. The number of benzene rings is 4. The van der Waals surface area contributed by atoms with Gasteiger partial charge in [0, 0.05) is 10.6 Å². The van der Waals surface area contributed by atoms with Crippen LogP contribution in [0.4, 0.5) is 10.8 Å². The molecule has 1 heterocycles. The smallest absolute Gasteiger partial charge is 0.336 e. The first-order valence-corrected chi connectivity index (χ1v) is 13.7. The number of carbonyl (C=O) groups is 3. The summed E-state index contributed by atoms with van der Waals surface area (Å²) in [6.45, 7) is 2.01. The number of aromatic carboxylic acids is 1. The second-order valence-electron chi connectivity index (χ2n) is 8.72. The molecule has 9 heteroatoms. The minimum absolute atomic E-state index is 0.0654. The van der Waals surface area contributed by atoms with Crippen LogP contribution in [0.1, 0.15) is 37.1 Å². The van der Waals surface area contributed by atoms with Crippen LogP contribution in [0.3, 0.4) is 0 Å². The van der Waals surface area contributed by atoms with Crippen molar-refractivity contribution in [2.75, 3.05) is 10.6 Å². The van der Waals surface area contributed by atoms with Crippen LogP contribution in [0.5, 0.6) is 0 Å². The summed E-state index contributed by atoms with van der Waals surface area (Å²) >= 11 is 2.77. The third-order valence-electron chi connectivity index (χ3n) is 5.86. The first-order valence-electron chi connectivity index (χ1n) is 12.0. The van der Waals surface area contributed by atoms with E-state index in [-0.39, 0.29) is 17.0 Å². The number of thioether (sulfide) groups is 1. The van der Waals surface area contributed by atoms with Gasteiger partial charge in [0.05, 0.1) is 21.3 Å². The average molecular weight is 554 g/mol. The first-order chi connectivity index (χ1) is 18.9. The van der Waals surface area contributed by atoms with Crippen LogP contribution in [0, 0.1) is 6.92 Å². The molecule has 39 heavy (non-hydrogen) atoms. The predicted molar refractivity (Wildman–Crippen MR) is 156 cm³/mol. The molecular formula is C30H23N3O4S2. The largest absolute Gasteiger partial charge is 0.478 e. The number of nitrogens with zero attached hydrogens (tertiary/aromatic N) is 1. The standard InChI is InChI=1S/C30H23N3O4S2/c1-18-14-15-24-25(16-18)39-30(32-24)33-28(35)26(19-8-3-2-4-9-19)38-21-11-7-10-20(17-21)31-27(34)22-12-5-6-13-23(22)29(36)37/h2-17,26H,1H3,(H,31,34)(H,36,37)(H,32,33,35). The molecule has 0 aliphatic rings. The monoisotopic (exact) mass is 553 g/mol. The van der Waals surface area contributed by atoms with E-state index in [9.17, 15) is 19.5 Å². The van der Waals surface area contributed by atoms with E-state index in [0.717, 1.165) is 26.2 Å². The fourth-order valence-corrected chi connectivity index (χ4v) is 6.06. The van der Waals surface area contributed by atoms with Gasteiger partial charge in [-0.25, -0.2) is 9.78 Å². The summed E-state index contributed by atoms with van der Waals surface area (Å²) in [7, 11) is 0. The minimum atomic E-state index is -1.18. The fraction of sp³-hybridized carbons (Fsp3) is 0.0667. The van der Waals surface area contributed by atoms with Crippen LogP contribution < -0.4 is 10.6 Å². The van der Waals surface area contributed by atoms with Crippen molar-refractivity contribution in [2.45, 2.75) is 17.1 Å². The second kappa shape index (κ2) is 11.5. The van der Waals surface area contributed by atoms with E-state index in [0.29, 0.717) is 10.8 Å². The van der Waals surface area contributed by atoms with Gasteiger partial charge in [0.15, 0.2) is 5.13 Å². The van der Waals surface area contributed by atoms with E-state index < -0.39 is 17.1 Å². The van der Waals surface area contributed by atoms with Gasteiger partial charge in [0.25, 0.3) is 5.91 Å². The molecule has 0 aliphatic heterocycles. The van der Waals surface area contributed by atoms with Gasteiger partial charge < -0.3 is 15.7 Å². The molecule has 5 aromatic rings. The molecule has 0 saturated heterocycles. The van der Waals surface area contributed by atoms with E-state index in [4.69, 9.17) is 0 Å².